The molecule has 0 aromatic heterocycles. The van der Waals surface area contributed by atoms with Crippen molar-refractivity contribution in [3.63, 3.8) is 0 Å². The van der Waals surface area contributed by atoms with Crippen LogP contribution < -0.4 is 5.73 Å². The Morgan fingerprint density at radius 2 is 1.46 bits per heavy atom. The zero-order valence-corrected chi connectivity index (χ0v) is 14.7. The van der Waals surface area contributed by atoms with Gasteiger partial charge in [-0.15, -0.1) is 0 Å². The number of nitrogens with two attached hydrogens (primary N) is 1. The van der Waals surface area contributed by atoms with Crippen LogP contribution in [0.2, 0.25) is 0 Å². The standard InChI is InChI=1S/C21H31F2N/c22-20-12-11-19(14-21(20)23)18-9-7-17(8-10-18)16-5-3-15(4-6-16)2-1-13-24/h11-12,14-18H,1-10,13,24H2. The third-order valence-electron chi connectivity index (χ3n) is 6.56. The summed E-state index contributed by atoms with van der Waals surface area (Å²) in [6.45, 7) is 0.827. The zero-order valence-electron chi connectivity index (χ0n) is 14.7. The van der Waals surface area contributed by atoms with E-state index in [0.29, 0.717) is 5.92 Å². The van der Waals surface area contributed by atoms with Gasteiger partial charge in [-0.2, -0.15) is 0 Å². The van der Waals surface area contributed by atoms with Crippen molar-refractivity contribution in [3.05, 3.63) is 35.4 Å². The van der Waals surface area contributed by atoms with Crippen molar-refractivity contribution in [2.75, 3.05) is 6.54 Å². The van der Waals surface area contributed by atoms with E-state index in [1.807, 2.05) is 0 Å². The van der Waals surface area contributed by atoms with Crippen LogP contribution in [0.15, 0.2) is 18.2 Å². The van der Waals surface area contributed by atoms with E-state index in [1.54, 1.807) is 6.07 Å². The van der Waals surface area contributed by atoms with Crippen LogP contribution in [0.5, 0.6) is 0 Å². The smallest absolute Gasteiger partial charge is 0.159 e. The van der Waals surface area contributed by atoms with E-state index in [0.717, 1.165) is 42.7 Å². The topological polar surface area (TPSA) is 26.0 Å². The van der Waals surface area contributed by atoms with Crippen molar-refractivity contribution in [2.45, 2.75) is 70.1 Å². The molecule has 134 valence electrons. The third-order valence-corrected chi connectivity index (χ3v) is 6.56. The van der Waals surface area contributed by atoms with Crippen LogP contribution in [0.3, 0.4) is 0 Å². The van der Waals surface area contributed by atoms with Crippen LogP contribution in [-0.4, -0.2) is 6.54 Å². The maximum atomic E-state index is 13.4. The lowest BCUT2D eigenvalue weighted by Crippen LogP contribution is -2.25. The summed E-state index contributed by atoms with van der Waals surface area (Å²) in [7, 11) is 0. The molecule has 1 aromatic rings. The normalized spacial score (nSPS) is 31.1. The van der Waals surface area contributed by atoms with Gasteiger partial charge in [-0.05, 0) is 99.3 Å². The zero-order chi connectivity index (χ0) is 16.9. The fourth-order valence-corrected chi connectivity index (χ4v) is 5.05. The Kier molecular flexibility index (Phi) is 6.26. The van der Waals surface area contributed by atoms with Crippen LogP contribution in [0, 0.1) is 29.4 Å². The van der Waals surface area contributed by atoms with Crippen LogP contribution in [0.1, 0.15) is 75.7 Å². The first-order valence-corrected chi connectivity index (χ1v) is 9.82. The quantitative estimate of drug-likeness (QED) is 0.725. The van der Waals surface area contributed by atoms with Crippen LogP contribution >= 0.6 is 0 Å². The average Bonchev–Trinajstić information content (AvgIpc) is 2.63. The first kappa shape index (κ1) is 17.8. The highest BCUT2D eigenvalue weighted by atomic mass is 19.2. The number of rotatable bonds is 5. The van der Waals surface area contributed by atoms with Crippen LogP contribution in [0.25, 0.3) is 0 Å². The second-order valence-electron chi connectivity index (χ2n) is 8.00. The lowest BCUT2D eigenvalue weighted by Gasteiger charge is -2.38. The molecule has 0 heterocycles. The molecule has 0 unspecified atom stereocenters. The Bertz CT molecular complexity index is 515. The lowest BCUT2D eigenvalue weighted by molar-refractivity contribution is 0.156. The predicted molar refractivity (Wildman–Crippen MR) is 94.8 cm³/mol. The van der Waals surface area contributed by atoms with Crippen molar-refractivity contribution < 1.29 is 8.78 Å². The van der Waals surface area contributed by atoms with Gasteiger partial charge in [0.2, 0.25) is 0 Å². The Morgan fingerprint density at radius 3 is 2.04 bits per heavy atom. The van der Waals surface area contributed by atoms with Crippen LogP contribution in [0.4, 0.5) is 8.78 Å². The summed E-state index contributed by atoms with van der Waals surface area (Å²) in [5.74, 6) is 1.62. The molecule has 2 aliphatic rings. The van der Waals surface area contributed by atoms with E-state index in [4.69, 9.17) is 5.73 Å². The number of benzene rings is 1. The monoisotopic (exact) mass is 335 g/mol. The first-order valence-electron chi connectivity index (χ1n) is 9.82. The molecule has 2 fully saturated rings. The molecule has 2 aliphatic carbocycles. The minimum absolute atomic E-state index is 0.414. The molecule has 0 spiro atoms. The van der Waals surface area contributed by atoms with E-state index in [1.165, 1.54) is 63.5 Å². The van der Waals surface area contributed by atoms with Crippen molar-refractivity contribution in [1.29, 1.82) is 0 Å². The van der Waals surface area contributed by atoms with Gasteiger partial charge in [0, 0.05) is 0 Å². The molecule has 0 radical (unpaired) electrons. The van der Waals surface area contributed by atoms with Crippen molar-refractivity contribution in [1.82, 2.24) is 0 Å². The maximum absolute atomic E-state index is 13.4. The lowest BCUT2D eigenvalue weighted by atomic mass is 9.68. The summed E-state index contributed by atoms with van der Waals surface area (Å²) in [6, 6.07) is 4.45. The summed E-state index contributed by atoms with van der Waals surface area (Å²) in [6.07, 6.45) is 12.8. The predicted octanol–water partition coefficient (Wildman–Crippen LogP) is 5.78. The molecule has 0 bridgehead atoms. The van der Waals surface area contributed by atoms with Gasteiger partial charge in [0.1, 0.15) is 0 Å². The van der Waals surface area contributed by atoms with Gasteiger partial charge in [0.15, 0.2) is 11.6 Å². The summed E-state index contributed by atoms with van der Waals surface area (Å²) >= 11 is 0. The number of hydrogen-bond donors (Lipinski definition) is 1. The minimum Gasteiger partial charge on any atom is -0.330 e. The van der Waals surface area contributed by atoms with E-state index < -0.39 is 11.6 Å². The van der Waals surface area contributed by atoms with E-state index in [2.05, 4.69) is 0 Å². The summed E-state index contributed by atoms with van der Waals surface area (Å²) in [5, 5.41) is 0. The Morgan fingerprint density at radius 1 is 0.833 bits per heavy atom. The molecule has 1 aromatic carbocycles. The molecule has 1 nitrogen and oxygen atoms in total. The Hall–Kier alpha value is -0.960. The van der Waals surface area contributed by atoms with Gasteiger partial charge in [-0.25, -0.2) is 8.78 Å². The highest BCUT2D eigenvalue weighted by Crippen LogP contribution is 2.44. The molecule has 2 N–H and O–H groups in total. The van der Waals surface area contributed by atoms with Crippen molar-refractivity contribution in [3.8, 4) is 0 Å². The molecule has 0 aliphatic heterocycles. The average molecular weight is 335 g/mol. The van der Waals surface area contributed by atoms with Gasteiger partial charge in [0.25, 0.3) is 0 Å². The van der Waals surface area contributed by atoms with E-state index in [9.17, 15) is 8.78 Å². The highest BCUT2D eigenvalue weighted by molar-refractivity contribution is 5.22. The molecule has 2 saturated carbocycles. The van der Waals surface area contributed by atoms with Gasteiger partial charge in [-0.1, -0.05) is 18.9 Å². The molecule has 3 heteroatoms. The SMILES string of the molecule is NCCCC1CCC(C2CCC(c3ccc(F)c(F)c3)CC2)CC1. The number of hydrogen-bond acceptors (Lipinski definition) is 1. The van der Waals surface area contributed by atoms with E-state index >= 15 is 0 Å². The van der Waals surface area contributed by atoms with Crippen molar-refractivity contribution in [2.24, 2.45) is 23.5 Å². The fraction of sp³-hybridized carbons (Fsp3) is 0.714. The van der Waals surface area contributed by atoms with Crippen LogP contribution in [-0.2, 0) is 0 Å². The second-order valence-corrected chi connectivity index (χ2v) is 8.00. The summed E-state index contributed by atoms with van der Waals surface area (Å²) in [4.78, 5) is 0. The van der Waals surface area contributed by atoms with Gasteiger partial charge < -0.3 is 5.73 Å². The maximum Gasteiger partial charge on any atom is 0.159 e. The van der Waals surface area contributed by atoms with Gasteiger partial charge >= 0.3 is 0 Å². The largest absolute Gasteiger partial charge is 0.330 e. The molecule has 0 atom stereocenters. The fourth-order valence-electron chi connectivity index (χ4n) is 5.05. The first-order chi connectivity index (χ1) is 11.7. The third kappa shape index (κ3) is 4.36. The minimum atomic E-state index is -0.737. The highest BCUT2D eigenvalue weighted by Gasteiger charge is 2.31. The van der Waals surface area contributed by atoms with Crippen molar-refractivity contribution >= 4 is 0 Å². The van der Waals surface area contributed by atoms with Gasteiger partial charge in [-0.3, -0.25) is 0 Å². The molecule has 0 saturated heterocycles. The molecular formula is C21H31F2N. The summed E-state index contributed by atoms with van der Waals surface area (Å²) in [5.41, 5.74) is 6.61. The molecule has 24 heavy (non-hydrogen) atoms. The van der Waals surface area contributed by atoms with E-state index in [-0.39, 0.29) is 0 Å². The van der Waals surface area contributed by atoms with Gasteiger partial charge in [0.05, 0.1) is 0 Å². The molecule has 3 rings (SSSR count). The molecule has 0 amide bonds. The Labute approximate surface area is 145 Å². The Balaban J connectivity index is 1.46. The number of halogens is 2. The molecular weight excluding hydrogens is 304 g/mol. The second kappa shape index (κ2) is 8.42. The summed E-state index contributed by atoms with van der Waals surface area (Å²) < 4.78 is 26.5.